The fourth-order valence-corrected chi connectivity index (χ4v) is 2.12. The highest BCUT2D eigenvalue weighted by Crippen LogP contribution is 2.30. The summed E-state index contributed by atoms with van der Waals surface area (Å²) in [5, 5.41) is 0. The van der Waals surface area contributed by atoms with Gasteiger partial charge in [0.25, 0.3) is 0 Å². The minimum Gasteiger partial charge on any atom is -0.493 e. The fourth-order valence-electron chi connectivity index (χ4n) is 2.12. The molecule has 0 spiro atoms. The number of ether oxygens (including phenoxy) is 2. The molecular weight excluding hydrogens is 268 g/mol. The van der Waals surface area contributed by atoms with Crippen LogP contribution in [0.4, 0.5) is 0 Å². The molecule has 4 nitrogen and oxygen atoms in total. The molecule has 0 heterocycles. The number of carbonyl (C=O) groups is 2. The van der Waals surface area contributed by atoms with Crippen molar-refractivity contribution in [1.29, 1.82) is 0 Å². The van der Waals surface area contributed by atoms with Gasteiger partial charge in [0.15, 0.2) is 17.3 Å². The maximum Gasteiger partial charge on any atom is 0.170 e. The number of methoxy groups -OCH3 is 2. The second kappa shape index (κ2) is 7.25. The summed E-state index contributed by atoms with van der Waals surface area (Å²) in [4.78, 5) is 24.6. The van der Waals surface area contributed by atoms with Gasteiger partial charge in [-0.3, -0.25) is 9.59 Å². The molecule has 0 aliphatic heterocycles. The van der Waals surface area contributed by atoms with E-state index < -0.39 is 5.41 Å². The first-order chi connectivity index (χ1) is 9.91. The largest absolute Gasteiger partial charge is 0.493 e. The van der Waals surface area contributed by atoms with Crippen LogP contribution in [0.3, 0.4) is 0 Å². The van der Waals surface area contributed by atoms with Crippen LogP contribution in [0.5, 0.6) is 11.5 Å². The monoisotopic (exact) mass is 292 g/mol. The Morgan fingerprint density at radius 3 is 2.10 bits per heavy atom. The van der Waals surface area contributed by atoms with Gasteiger partial charge in [-0.1, -0.05) is 20.8 Å². The summed E-state index contributed by atoms with van der Waals surface area (Å²) in [5.74, 6) is 0.859. The van der Waals surface area contributed by atoms with Crippen LogP contribution in [0, 0.1) is 5.41 Å². The van der Waals surface area contributed by atoms with Crippen molar-refractivity contribution in [2.45, 2.75) is 40.0 Å². The van der Waals surface area contributed by atoms with E-state index in [0.29, 0.717) is 17.1 Å². The summed E-state index contributed by atoms with van der Waals surface area (Å²) in [6, 6.07) is 4.95. The molecule has 0 saturated heterocycles. The molecule has 0 fully saturated rings. The predicted octanol–water partition coefficient (Wildman–Crippen LogP) is 3.67. The van der Waals surface area contributed by atoms with E-state index in [4.69, 9.17) is 9.47 Å². The van der Waals surface area contributed by atoms with Crippen molar-refractivity contribution in [3.05, 3.63) is 23.8 Å². The minimum atomic E-state index is -0.424. The maximum absolute atomic E-state index is 12.3. The summed E-state index contributed by atoms with van der Waals surface area (Å²) in [5.41, 5.74) is 0.0437. The highest BCUT2D eigenvalue weighted by atomic mass is 16.5. The number of hydrogen-bond donors (Lipinski definition) is 0. The van der Waals surface area contributed by atoms with Crippen molar-refractivity contribution < 1.29 is 19.1 Å². The van der Waals surface area contributed by atoms with Crippen LogP contribution >= 0.6 is 0 Å². The summed E-state index contributed by atoms with van der Waals surface area (Å²) < 4.78 is 10.3. The summed E-state index contributed by atoms with van der Waals surface area (Å²) in [6.07, 6.45) is 1.40. The van der Waals surface area contributed by atoms with Crippen LogP contribution in [0.2, 0.25) is 0 Å². The molecule has 116 valence electrons. The van der Waals surface area contributed by atoms with Crippen LogP contribution in [-0.2, 0) is 4.79 Å². The number of benzene rings is 1. The van der Waals surface area contributed by atoms with Gasteiger partial charge < -0.3 is 9.47 Å². The van der Waals surface area contributed by atoms with Crippen molar-refractivity contribution in [1.82, 2.24) is 0 Å². The van der Waals surface area contributed by atoms with E-state index in [1.54, 1.807) is 18.2 Å². The summed E-state index contributed by atoms with van der Waals surface area (Å²) >= 11 is 0. The molecule has 0 saturated carbocycles. The predicted molar refractivity (Wildman–Crippen MR) is 82.2 cm³/mol. The van der Waals surface area contributed by atoms with E-state index in [1.165, 1.54) is 14.2 Å². The molecule has 0 aliphatic carbocycles. The number of hydrogen-bond acceptors (Lipinski definition) is 4. The fraction of sp³-hybridized carbons (Fsp3) is 0.529. The molecule has 0 atom stereocenters. The summed E-state index contributed by atoms with van der Waals surface area (Å²) in [6.45, 7) is 5.86. The zero-order valence-electron chi connectivity index (χ0n) is 13.5. The average molecular weight is 292 g/mol. The molecule has 0 aliphatic rings. The van der Waals surface area contributed by atoms with Gasteiger partial charge in [-0.15, -0.1) is 0 Å². The van der Waals surface area contributed by atoms with Gasteiger partial charge in [-0.25, -0.2) is 0 Å². The van der Waals surface area contributed by atoms with Gasteiger partial charge in [0.05, 0.1) is 20.6 Å². The normalized spacial score (nSPS) is 11.1. The van der Waals surface area contributed by atoms with Crippen molar-refractivity contribution in [3.8, 4) is 11.5 Å². The standard InChI is InChI=1S/C17H24O4/c1-6-17(3,7-2)16(19)11-13(18)12-8-9-14(20-4)15(10-12)21-5/h8-10H,6-7,11H2,1-5H3. The Labute approximate surface area is 126 Å². The van der Waals surface area contributed by atoms with Crippen LogP contribution in [0.25, 0.3) is 0 Å². The third-order valence-electron chi connectivity index (χ3n) is 4.26. The summed E-state index contributed by atoms with van der Waals surface area (Å²) in [7, 11) is 3.05. The van der Waals surface area contributed by atoms with Crippen LogP contribution in [0.15, 0.2) is 18.2 Å². The molecule has 1 rings (SSSR count). The Kier molecular flexibility index (Phi) is 5.94. The molecular formula is C17H24O4. The Morgan fingerprint density at radius 1 is 1.05 bits per heavy atom. The molecule has 1 aromatic carbocycles. The molecule has 1 aromatic rings. The lowest BCUT2D eigenvalue weighted by molar-refractivity contribution is -0.127. The first-order valence-electron chi connectivity index (χ1n) is 7.20. The maximum atomic E-state index is 12.3. The third kappa shape index (κ3) is 3.84. The van der Waals surface area contributed by atoms with E-state index in [1.807, 2.05) is 20.8 Å². The second-order valence-corrected chi connectivity index (χ2v) is 5.36. The lowest BCUT2D eigenvalue weighted by atomic mass is 9.78. The van der Waals surface area contributed by atoms with E-state index in [9.17, 15) is 9.59 Å². The van der Waals surface area contributed by atoms with Gasteiger partial charge in [0.1, 0.15) is 5.78 Å². The number of Topliss-reactive ketones (excluding diaryl/α,β-unsaturated/α-hetero) is 2. The van der Waals surface area contributed by atoms with Crippen LogP contribution in [-0.4, -0.2) is 25.8 Å². The van der Waals surface area contributed by atoms with Crippen molar-refractivity contribution in [2.75, 3.05) is 14.2 Å². The number of ketones is 2. The Bertz CT molecular complexity index is 516. The van der Waals surface area contributed by atoms with Gasteiger partial charge in [0.2, 0.25) is 0 Å². The number of rotatable bonds is 8. The van der Waals surface area contributed by atoms with Crippen molar-refractivity contribution in [3.63, 3.8) is 0 Å². The Morgan fingerprint density at radius 2 is 1.62 bits per heavy atom. The average Bonchev–Trinajstić information content (AvgIpc) is 2.52. The first kappa shape index (κ1) is 17.2. The quantitative estimate of drug-likeness (QED) is 0.542. The Hall–Kier alpha value is -1.84. The van der Waals surface area contributed by atoms with Crippen molar-refractivity contribution >= 4 is 11.6 Å². The highest BCUT2D eigenvalue weighted by Gasteiger charge is 2.30. The van der Waals surface area contributed by atoms with Gasteiger partial charge in [-0.05, 0) is 31.0 Å². The minimum absolute atomic E-state index is 0.00714. The zero-order valence-corrected chi connectivity index (χ0v) is 13.5. The zero-order chi connectivity index (χ0) is 16.0. The molecule has 0 N–H and O–H groups in total. The van der Waals surface area contributed by atoms with E-state index in [2.05, 4.69) is 0 Å². The topological polar surface area (TPSA) is 52.6 Å². The van der Waals surface area contributed by atoms with E-state index >= 15 is 0 Å². The van der Waals surface area contributed by atoms with E-state index in [0.717, 1.165) is 12.8 Å². The third-order valence-corrected chi connectivity index (χ3v) is 4.26. The SMILES string of the molecule is CCC(C)(CC)C(=O)CC(=O)c1ccc(OC)c(OC)c1. The lowest BCUT2D eigenvalue weighted by Gasteiger charge is -2.24. The van der Waals surface area contributed by atoms with Crippen LogP contribution in [0.1, 0.15) is 50.4 Å². The van der Waals surface area contributed by atoms with Gasteiger partial charge in [0, 0.05) is 11.0 Å². The lowest BCUT2D eigenvalue weighted by Crippen LogP contribution is -2.28. The van der Waals surface area contributed by atoms with Crippen LogP contribution < -0.4 is 9.47 Å². The van der Waals surface area contributed by atoms with Crippen molar-refractivity contribution in [2.24, 2.45) is 5.41 Å². The molecule has 0 amide bonds. The van der Waals surface area contributed by atoms with Gasteiger partial charge >= 0.3 is 0 Å². The first-order valence-corrected chi connectivity index (χ1v) is 7.20. The highest BCUT2D eigenvalue weighted by molar-refractivity contribution is 6.09. The molecule has 0 radical (unpaired) electrons. The number of carbonyl (C=O) groups excluding carboxylic acids is 2. The second-order valence-electron chi connectivity index (χ2n) is 5.36. The molecule has 0 unspecified atom stereocenters. The smallest absolute Gasteiger partial charge is 0.170 e. The molecule has 21 heavy (non-hydrogen) atoms. The molecule has 4 heteroatoms. The van der Waals surface area contributed by atoms with Gasteiger partial charge in [-0.2, -0.15) is 0 Å². The van der Waals surface area contributed by atoms with E-state index in [-0.39, 0.29) is 18.0 Å². The Balaban J connectivity index is 2.92. The molecule has 0 bridgehead atoms. The molecule has 0 aromatic heterocycles.